The zero-order chi connectivity index (χ0) is 18.7. The van der Waals surface area contributed by atoms with Gasteiger partial charge in [-0.25, -0.2) is 4.79 Å². The van der Waals surface area contributed by atoms with Gasteiger partial charge in [0.2, 0.25) is 5.91 Å². The topological polar surface area (TPSA) is 61.4 Å². The van der Waals surface area contributed by atoms with Crippen molar-refractivity contribution in [1.82, 2.24) is 5.32 Å². The van der Waals surface area contributed by atoms with Crippen LogP contribution in [0.15, 0.2) is 48.5 Å². The molecule has 2 aromatic rings. The lowest BCUT2D eigenvalue weighted by molar-refractivity contribution is -0.111. The van der Waals surface area contributed by atoms with E-state index in [0.29, 0.717) is 27.8 Å². The van der Waals surface area contributed by atoms with E-state index in [9.17, 15) is 9.59 Å². The Bertz CT molecular complexity index is 883. The minimum atomic E-state index is -0.299. The Morgan fingerprint density at radius 1 is 1.27 bits per heavy atom. The van der Waals surface area contributed by atoms with Crippen LogP contribution in [0, 0.1) is 0 Å². The summed E-state index contributed by atoms with van der Waals surface area (Å²) in [5, 5.41) is 6.58. The van der Waals surface area contributed by atoms with E-state index in [2.05, 4.69) is 10.6 Å². The number of hydrogen-bond acceptors (Lipinski definition) is 2. The Labute approximate surface area is 161 Å². The normalized spacial score (nSPS) is 16.8. The Morgan fingerprint density at radius 3 is 2.77 bits per heavy atom. The number of nitrogens with zero attached hydrogens (tertiary/aromatic N) is 1. The fourth-order valence-corrected chi connectivity index (χ4v) is 3.17. The largest absolute Gasteiger partial charge is 0.336 e. The number of rotatable bonds is 4. The van der Waals surface area contributed by atoms with Crippen LogP contribution < -0.4 is 15.5 Å². The van der Waals surface area contributed by atoms with Crippen LogP contribution in [0.1, 0.15) is 12.5 Å². The summed E-state index contributed by atoms with van der Waals surface area (Å²) in [7, 11) is 0. The van der Waals surface area contributed by atoms with Crippen LogP contribution in [-0.4, -0.2) is 24.5 Å². The third-order valence-corrected chi connectivity index (χ3v) is 4.54. The highest BCUT2D eigenvalue weighted by Crippen LogP contribution is 2.24. The molecule has 0 spiro atoms. The molecule has 1 fully saturated rings. The van der Waals surface area contributed by atoms with E-state index in [-0.39, 0.29) is 18.0 Å². The molecule has 0 unspecified atom stereocenters. The lowest BCUT2D eigenvalue weighted by Gasteiger charge is -2.20. The van der Waals surface area contributed by atoms with Gasteiger partial charge in [0, 0.05) is 34.0 Å². The first kappa shape index (κ1) is 18.3. The smallest absolute Gasteiger partial charge is 0.322 e. The van der Waals surface area contributed by atoms with E-state index in [1.807, 2.05) is 13.0 Å². The van der Waals surface area contributed by atoms with Crippen molar-refractivity contribution in [2.45, 2.75) is 13.0 Å². The van der Waals surface area contributed by atoms with Crippen LogP contribution in [0.4, 0.5) is 16.2 Å². The van der Waals surface area contributed by atoms with Gasteiger partial charge in [-0.3, -0.25) is 9.69 Å². The number of amides is 3. The monoisotopic (exact) mass is 389 g/mol. The summed E-state index contributed by atoms with van der Waals surface area (Å²) in [6, 6.07) is 12.1. The minimum absolute atomic E-state index is 0.0559. The zero-order valence-electron chi connectivity index (χ0n) is 14.0. The standard InChI is InChI=1S/C19H17Cl2N3O2/c1-12-11-22-19(26)24(12)16-4-2-3-15(10-16)23-18(25)8-6-13-5-7-14(20)9-17(13)21/h2-10,12H,11H2,1H3,(H,22,26)(H,23,25)/b8-6+/t12-/m0/s1. The average molecular weight is 390 g/mol. The minimum Gasteiger partial charge on any atom is -0.336 e. The summed E-state index contributed by atoms with van der Waals surface area (Å²) >= 11 is 11.9. The molecule has 7 heteroatoms. The fourth-order valence-electron chi connectivity index (χ4n) is 2.70. The molecule has 1 aliphatic rings. The van der Waals surface area contributed by atoms with E-state index in [1.54, 1.807) is 47.4 Å². The number of carbonyl (C=O) groups excluding carboxylic acids is 2. The molecule has 2 aromatic carbocycles. The second-order valence-electron chi connectivity index (χ2n) is 5.94. The summed E-state index contributed by atoms with van der Waals surface area (Å²) in [5.41, 5.74) is 2.03. The van der Waals surface area contributed by atoms with Crippen LogP contribution in [0.3, 0.4) is 0 Å². The molecule has 1 saturated heterocycles. The highest BCUT2D eigenvalue weighted by molar-refractivity contribution is 6.35. The van der Waals surface area contributed by atoms with E-state index in [0.717, 1.165) is 5.69 Å². The molecule has 0 aromatic heterocycles. The van der Waals surface area contributed by atoms with Crippen LogP contribution in [0.25, 0.3) is 6.08 Å². The maximum atomic E-state index is 12.2. The lowest BCUT2D eigenvalue weighted by atomic mass is 10.2. The third-order valence-electron chi connectivity index (χ3n) is 3.98. The maximum absolute atomic E-state index is 12.2. The number of urea groups is 1. The highest BCUT2D eigenvalue weighted by atomic mass is 35.5. The molecular formula is C19H17Cl2N3O2. The summed E-state index contributed by atoms with van der Waals surface area (Å²) in [4.78, 5) is 25.8. The number of nitrogens with one attached hydrogen (secondary N) is 2. The van der Waals surface area contributed by atoms with Crippen LogP contribution in [-0.2, 0) is 4.79 Å². The Hall–Kier alpha value is -2.50. The SMILES string of the molecule is C[C@H]1CNC(=O)N1c1cccc(NC(=O)/C=C/c2ccc(Cl)cc2Cl)c1. The molecule has 5 nitrogen and oxygen atoms in total. The van der Waals surface area contributed by atoms with Crippen molar-refractivity contribution >= 4 is 52.6 Å². The molecule has 3 rings (SSSR count). The predicted molar refractivity (Wildman–Crippen MR) is 106 cm³/mol. The lowest BCUT2D eigenvalue weighted by Crippen LogP contribution is -2.32. The summed E-state index contributed by atoms with van der Waals surface area (Å²) in [6.45, 7) is 2.56. The van der Waals surface area contributed by atoms with E-state index >= 15 is 0 Å². The molecule has 1 aliphatic heterocycles. The average Bonchev–Trinajstić information content (AvgIpc) is 2.93. The highest BCUT2D eigenvalue weighted by Gasteiger charge is 2.28. The molecule has 0 aliphatic carbocycles. The van der Waals surface area contributed by atoms with Crippen LogP contribution >= 0.6 is 23.2 Å². The fraction of sp³-hybridized carbons (Fsp3) is 0.158. The quantitative estimate of drug-likeness (QED) is 0.752. The van der Waals surface area contributed by atoms with Crippen LogP contribution in [0.5, 0.6) is 0 Å². The van der Waals surface area contributed by atoms with Crippen molar-refractivity contribution in [2.24, 2.45) is 0 Å². The second-order valence-corrected chi connectivity index (χ2v) is 6.79. The van der Waals surface area contributed by atoms with E-state index in [4.69, 9.17) is 23.2 Å². The molecule has 0 saturated carbocycles. The first-order valence-electron chi connectivity index (χ1n) is 8.05. The predicted octanol–water partition coefficient (Wildman–Crippen LogP) is 4.56. The van der Waals surface area contributed by atoms with Crippen molar-refractivity contribution in [3.63, 3.8) is 0 Å². The number of benzene rings is 2. The molecule has 3 amide bonds. The molecule has 134 valence electrons. The van der Waals surface area contributed by atoms with Gasteiger partial charge in [0.1, 0.15) is 0 Å². The zero-order valence-corrected chi connectivity index (χ0v) is 15.5. The molecule has 26 heavy (non-hydrogen) atoms. The Kier molecular flexibility index (Phi) is 5.49. The Balaban J connectivity index is 1.70. The van der Waals surface area contributed by atoms with Crippen LogP contribution in [0.2, 0.25) is 10.0 Å². The number of hydrogen-bond donors (Lipinski definition) is 2. The molecule has 0 radical (unpaired) electrons. The molecular weight excluding hydrogens is 373 g/mol. The first-order chi connectivity index (χ1) is 12.4. The second kappa shape index (κ2) is 7.81. The molecule has 0 bridgehead atoms. The summed E-state index contributed by atoms with van der Waals surface area (Å²) in [5.74, 6) is -0.299. The van der Waals surface area contributed by atoms with Gasteiger partial charge in [-0.2, -0.15) is 0 Å². The van der Waals surface area contributed by atoms with Crippen molar-refractivity contribution in [2.75, 3.05) is 16.8 Å². The van der Waals surface area contributed by atoms with Crippen molar-refractivity contribution < 1.29 is 9.59 Å². The summed E-state index contributed by atoms with van der Waals surface area (Å²) < 4.78 is 0. The van der Waals surface area contributed by atoms with Gasteiger partial charge in [0.25, 0.3) is 0 Å². The maximum Gasteiger partial charge on any atom is 0.322 e. The number of anilines is 2. The van der Waals surface area contributed by atoms with Gasteiger partial charge in [-0.05, 0) is 48.9 Å². The molecule has 2 N–H and O–H groups in total. The van der Waals surface area contributed by atoms with Gasteiger partial charge >= 0.3 is 6.03 Å². The van der Waals surface area contributed by atoms with Gasteiger partial charge in [-0.1, -0.05) is 35.3 Å². The van der Waals surface area contributed by atoms with Gasteiger partial charge in [0.05, 0.1) is 6.04 Å². The first-order valence-corrected chi connectivity index (χ1v) is 8.81. The van der Waals surface area contributed by atoms with Crippen molar-refractivity contribution in [1.29, 1.82) is 0 Å². The van der Waals surface area contributed by atoms with E-state index in [1.165, 1.54) is 6.08 Å². The summed E-state index contributed by atoms with van der Waals surface area (Å²) in [6.07, 6.45) is 3.01. The molecule has 1 atom stereocenters. The van der Waals surface area contributed by atoms with Gasteiger partial charge in [-0.15, -0.1) is 0 Å². The van der Waals surface area contributed by atoms with Gasteiger partial charge < -0.3 is 10.6 Å². The van der Waals surface area contributed by atoms with Crippen molar-refractivity contribution in [3.05, 3.63) is 64.1 Å². The number of carbonyl (C=O) groups is 2. The van der Waals surface area contributed by atoms with Gasteiger partial charge in [0.15, 0.2) is 0 Å². The van der Waals surface area contributed by atoms with Crippen molar-refractivity contribution in [3.8, 4) is 0 Å². The number of halogens is 2. The molecule has 1 heterocycles. The third kappa shape index (κ3) is 4.18. The Morgan fingerprint density at radius 2 is 2.08 bits per heavy atom. The van der Waals surface area contributed by atoms with E-state index < -0.39 is 0 Å².